The van der Waals surface area contributed by atoms with E-state index in [1.807, 2.05) is 26.0 Å². The predicted octanol–water partition coefficient (Wildman–Crippen LogP) is 2.89. The van der Waals surface area contributed by atoms with Gasteiger partial charge >= 0.3 is 0 Å². The lowest BCUT2D eigenvalue weighted by molar-refractivity contribution is 0.546. The average molecular weight is 204 g/mol. The summed E-state index contributed by atoms with van der Waals surface area (Å²) in [6.45, 7) is 3.75. The predicted molar refractivity (Wildman–Crippen MR) is 54.0 cm³/mol. The smallest absolute Gasteiger partial charge is 0.154 e. The van der Waals surface area contributed by atoms with Gasteiger partial charge in [0.2, 0.25) is 0 Å². The zero-order chi connectivity index (χ0) is 10.1. The summed E-state index contributed by atoms with van der Waals surface area (Å²) in [6.07, 6.45) is 0. The van der Waals surface area contributed by atoms with E-state index in [0.717, 1.165) is 10.8 Å². The summed E-state index contributed by atoms with van der Waals surface area (Å²) in [4.78, 5) is 4.88. The molecular weight excluding hydrogens is 196 g/mol. The van der Waals surface area contributed by atoms with Crippen LogP contribution in [0.5, 0.6) is 0 Å². The monoisotopic (exact) mass is 204 g/mol. The van der Waals surface area contributed by atoms with Gasteiger partial charge in [-0.1, -0.05) is 0 Å². The minimum atomic E-state index is 0.608. The maximum absolute atomic E-state index is 8.88. The molecule has 0 aliphatic rings. The van der Waals surface area contributed by atoms with Crippen LogP contribution in [0, 0.1) is 25.2 Å². The Labute approximate surface area is 85.6 Å². The standard InChI is InChI=1S/C10H8N2OS/c1-6-3-4-8(13-6)10-9(5-11)14-7(2)12-10/h3-4H,1-2H3. The second-order valence-corrected chi connectivity index (χ2v) is 4.14. The first-order valence-electron chi connectivity index (χ1n) is 4.15. The Kier molecular flexibility index (Phi) is 2.10. The van der Waals surface area contributed by atoms with Crippen LogP contribution in [-0.4, -0.2) is 4.98 Å². The Morgan fingerprint density at radius 3 is 2.79 bits per heavy atom. The first-order valence-corrected chi connectivity index (χ1v) is 4.96. The molecule has 0 aliphatic heterocycles. The SMILES string of the molecule is Cc1ccc(-c2nc(C)sc2C#N)o1. The highest BCUT2D eigenvalue weighted by Gasteiger charge is 2.13. The number of furan rings is 1. The zero-order valence-corrected chi connectivity index (χ0v) is 8.68. The van der Waals surface area contributed by atoms with Crippen molar-refractivity contribution in [3.05, 3.63) is 27.8 Å². The highest BCUT2D eigenvalue weighted by molar-refractivity contribution is 7.12. The van der Waals surface area contributed by atoms with Crippen molar-refractivity contribution in [2.45, 2.75) is 13.8 Å². The summed E-state index contributed by atoms with van der Waals surface area (Å²) in [5, 5.41) is 9.76. The van der Waals surface area contributed by atoms with Gasteiger partial charge in [0.1, 0.15) is 22.4 Å². The van der Waals surface area contributed by atoms with Gasteiger partial charge in [-0.25, -0.2) is 4.98 Å². The van der Waals surface area contributed by atoms with E-state index < -0.39 is 0 Å². The first-order chi connectivity index (χ1) is 6.70. The Balaban J connectivity index is 2.56. The molecule has 70 valence electrons. The molecule has 2 aromatic rings. The van der Waals surface area contributed by atoms with E-state index in [1.54, 1.807) is 0 Å². The van der Waals surface area contributed by atoms with Crippen molar-refractivity contribution in [1.82, 2.24) is 4.98 Å². The molecule has 4 heteroatoms. The van der Waals surface area contributed by atoms with Gasteiger partial charge in [-0.05, 0) is 26.0 Å². The molecule has 14 heavy (non-hydrogen) atoms. The number of hydrogen-bond donors (Lipinski definition) is 0. The van der Waals surface area contributed by atoms with Crippen LogP contribution in [0.4, 0.5) is 0 Å². The minimum Gasteiger partial charge on any atom is -0.460 e. The molecule has 2 aromatic heterocycles. The molecule has 0 N–H and O–H groups in total. The molecule has 0 spiro atoms. The van der Waals surface area contributed by atoms with Crippen LogP contribution in [-0.2, 0) is 0 Å². The van der Waals surface area contributed by atoms with Crippen LogP contribution < -0.4 is 0 Å². The van der Waals surface area contributed by atoms with Crippen LogP contribution in [0.3, 0.4) is 0 Å². The van der Waals surface area contributed by atoms with Crippen molar-refractivity contribution in [2.75, 3.05) is 0 Å². The van der Waals surface area contributed by atoms with Gasteiger partial charge in [0.25, 0.3) is 0 Å². The van der Waals surface area contributed by atoms with Gasteiger partial charge < -0.3 is 4.42 Å². The highest BCUT2D eigenvalue weighted by Crippen LogP contribution is 2.28. The van der Waals surface area contributed by atoms with Crippen molar-refractivity contribution in [3.8, 4) is 17.5 Å². The molecule has 0 aromatic carbocycles. The van der Waals surface area contributed by atoms with Crippen LogP contribution in [0.1, 0.15) is 15.6 Å². The molecule has 2 heterocycles. The largest absolute Gasteiger partial charge is 0.460 e. The number of rotatable bonds is 1. The van der Waals surface area contributed by atoms with E-state index in [4.69, 9.17) is 9.68 Å². The molecule has 0 radical (unpaired) electrons. The maximum Gasteiger partial charge on any atom is 0.154 e. The molecule has 0 atom stereocenters. The van der Waals surface area contributed by atoms with Crippen LogP contribution >= 0.6 is 11.3 Å². The fourth-order valence-corrected chi connectivity index (χ4v) is 1.95. The molecule has 0 saturated heterocycles. The maximum atomic E-state index is 8.88. The van der Waals surface area contributed by atoms with E-state index >= 15 is 0 Å². The van der Waals surface area contributed by atoms with Crippen LogP contribution in [0.25, 0.3) is 11.5 Å². The number of thiazole rings is 1. The van der Waals surface area contributed by atoms with Crippen molar-refractivity contribution in [2.24, 2.45) is 0 Å². The lowest BCUT2D eigenvalue weighted by Gasteiger charge is -1.89. The van der Waals surface area contributed by atoms with E-state index in [1.165, 1.54) is 11.3 Å². The van der Waals surface area contributed by atoms with Crippen molar-refractivity contribution in [1.29, 1.82) is 5.26 Å². The van der Waals surface area contributed by atoms with Crippen LogP contribution in [0.15, 0.2) is 16.5 Å². The van der Waals surface area contributed by atoms with Crippen LogP contribution in [0.2, 0.25) is 0 Å². The van der Waals surface area contributed by atoms with E-state index in [2.05, 4.69) is 11.1 Å². The topological polar surface area (TPSA) is 49.8 Å². The summed E-state index contributed by atoms with van der Waals surface area (Å²) in [5.74, 6) is 1.50. The van der Waals surface area contributed by atoms with Gasteiger partial charge in [-0.15, -0.1) is 11.3 Å². The fraction of sp³-hybridized carbons (Fsp3) is 0.200. The second-order valence-electron chi connectivity index (χ2n) is 2.93. The lowest BCUT2D eigenvalue weighted by Crippen LogP contribution is -1.77. The normalized spacial score (nSPS) is 10.1. The lowest BCUT2D eigenvalue weighted by atomic mass is 10.3. The van der Waals surface area contributed by atoms with Gasteiger partial charge in [0.05, 0.1) is 5.01 Å². The molecule has 0 bridgehead atoms. The molecule has 3 nitrogen and oxygen atoms in total. The summed E-state index contributed by atoms with van der Waals surface area (Å²) < 4.78 is 5.42. The third-order valence-electron chi connectivity index (χ3n) is 1.81. The summed E-state index contributed by atoms with van der Waals surface area (Å²) in [7, 11) is 0. The number of aryl methyl sites for hydroxylation is 2. The first kappa shape index (κ1) is 8.97. The van der Waals surface area contributed by atoms with Gasteiger partial charge in [-0.2, -0.15) is 5.26 Å². The van der Waals surface area contributed by atoms with E-state index in [9.17, 15) is 0 Å². The van der Waals surface area contributed by atoms with E-state index in [-0.39, 0.29) is 0 Å². The second kappa shape index (κ2) is 3.28. The molecule has 0 aliphatic carbocycles. The zero-order valence-electron chi connectivity index (χ0n) is 7.87. The third-order valence-corrected chi connectivity index (χ3v) is 2.68. The van der Waals surface area contributed by atoms with E-state index in [0.29, 0.717) is 16.3 Å². The van der Waals surface area contributed by atoms with Gasteiger partial charge in [-0.3, -0.25) is 0 Å². The fourth-order valence-electron chi connectivity index (χ4n) is 1.23. The number of nitriles is 1. The number of nitrogens with zero attached hydrogens (tertiary/aromatic N) is 2. The molecule has 0 amide bonds. The minimum absolute atomic E-state index is 0.608. The Morgan fingerprint density at radius 2 is 2.21 bits per heavy atom. The average Bonchev–Trinajstić information content (AvgIpc) is 2.71. The molecular formula is C10H8N2OS. The highest BCUT2D eigenvalue weighted by atomic mass is 32.1. The Morgan fingerprint density at radius 1 is 1.43 bits per heavy atom. The van der Waals surface area contributed by atoms with Gasteiger partial charge in [0.15, 0.2) is 5.76 Å². The summed E-state index contributed by atoms with van der Waals surface area (Å²) in [5.41, 5.74) is 0.656. The quantitative estimate of drug-likeness (QED) is 0.717. The molecule has 2 rings (SSSR count). The Bertz CT molecular complexity index is 504. The summed E-state index contributed by atoms with van der Waals surface area (Å²) >= 11 is 1.39. The molecule has 0 unspecified atom stereocenters. The van der Waals surface area contributed by atoms with Crippen molar-refractivity contribution >= 4 is 11.3 Å². The van der Waals surface area contributed by atoms with Gasteiger partial charge in [0, 0.05) is 0 Å². The Hall–Kier alpha value is -1.60. The third kappa shape index (κ3) is 1.42. The van der Waals surface area contributed by atoms with Crippen molar-refractivity contribution in [3.63, 3.8) is 0 Å². The molecule has 0 fully saturated rings. The summed E-state index contributed by atoms with van der Waals surface area (Å²) in [6, 6.07) is 5.82. The number of aromatic nitrogens is 1. The number of hydrogen-bond acceptors (Lipinski definition) is 4. The van der Waals surface area contributed by atoms with Crippen molar-refractivity contribution < 1.29 is 4.42 Å². The molecule has 0 saturated carbocycles.